The number of benzene rings is 1. The summed E-state index contributed by atoms with van der Waals surface area (Å²) in [6.45, 7) is 1.89. The molecule has 0 fully saturated rings. The van der Waals surface area contributed by atoms with Gasteiger partial charge in [-0.1, -0.05) is 35.0 Å². The van der Waals surface area contributed by atoms with Crippen LogP contribution in [0.2, 0.25) is 5.02 Å². The van der Waals surface area contributed by atoms with Crippen LogP contribution in [-0.4, -0.2) is 26.0 Å². The zero-order chi connectivity index (χ0) is 20.2. The number of pyridine rings is 1. The van der Waals surface area contributed by atoms with E-state index >= 15 is 0 Å². The van der Waals surface area contributed by atoms with Crippen molar-refractivity contribution in [2.24, 2.45) is 0 Å². The molecule has 144 valence electrons. The fourth-order valence-corrected chi connectivity index (χ4v) is 3.13. The Morgan fingerprint density at radius 3 is 2.76 bits per heavy atom. The first-order chi connectivity index (χ1) is 14.1. The van der Waals surface area contributed by atoms with Crippen molar-refractivity contribution in [2.45, 2.75) is 13.3 Å². The van der Waals surface area contributed by atoms with Crippen LogP contribution in [0.15, 0.2) is 65.7 Å². The minimum Gasteiger partial charge on any atom is -0.337 e. The Balaban J connectivity index is 1.70. The summed E-state index contributed by atoms with van der Waals surface area (Å²) in [5.74, 6) is -0.0627. The van der Waals surface area contributed by atoms with Crippen LogP contribution in [0.25, 0.3) is 22.5 Å². The second-order valence-electron chi connectivity index (χ2n) is 6.33. The largest absolute Gasteiger partial charge is 0.337 e. The van der Waals surface area contributed by atoms with Gasteiger partial charge in [0.2, 0.25) is 11.8 Å². The Bertz CT molecular complexity index is 1160. The fourth-order valence-electron chi connectivity index (χ4n) is 2.93. The summed E-state index contributed by atoms with van der Waals surface area (Å²) < 4.78 is 5.49. The third-order valence-corrected chi connectivity index (χ3v) is 4.63. The Morgan fingerprint density at radius 2 is 2.00 bits per heavy atom. The third kappa shape index (κ3) is 4.14. The molecular weight excluding hydrogens is 390 g/mol. The first kappa shape index (κ1) is 18.8. The number of aryl methyl sites for hydroxylation is 1. The molecule has 0 aliphatic heterocycles. The predicted octanol–water partition coefficient (Wildman–Crippen LogP) is 4.34. The highest BCUT2D eigenvalue weighted by atomic mass is 35.5. The van der Waals surface area contributed by atoms with Crippen LogP contribution in [0.4, 0.5) is 5.88 Å². The molecule has 8 heteroatoms. The Labute approximate surface area is 171 Å². The third-order valence-electron chi connectivity index (χ3n) is 4.26. The highest BCUT2D eigenvalue weighted by Gasteiger charge is 2.22. The van der Waals surface area contributed by atoms with Crippen LogP contribution in [0, 0.1) is 6.92 Å². The zero-order valence-electron chi connectivity index (χ0n) is 15.5. The first-order valence-electron chi connectivity index (χ1n) is 8.84. The van der Waals surface area contributed by atoms with E-state index in [2.05, 4.69) is 25.4 Å². The zero-order valence-corrected chi connectivity index (χ0v) is 16.2. The maximum absolute atomic E-state index is 12.6. The molecule has 4 rings (SSSR count). The van der Waals surface area contributed by atoms with Crippen LogP contribution in [-0.2, 0) is 11.2 Å². The van der Waals surface area contributed by atoms with E-state index in [0.29, 0.717) is 22.0 Å². The lowest BCUT2D eigenvalue weighted by Crippen LogP contribution is -2.14. The summed E-state index contributed by atoms with van der Waals surface area (Å²) in [4.78, 5) is 25.1. The number of rotatable bonds is 5. The van der Waals surface area contributed by atoms with Gasteiger partial charge in [-0.2, -0.15) is 0 Å². The average Bonchev–Trinajstić information content (AvgIpc) is 3.14. The molecule has 1 N–H and O–H groups in total. The van der Waals surface area contributed by atoms with Crippen LogP contribution in [0.1, 0.15) is 11.3 Å². The molecule has 0 unspecified atom stereocenters. The molecule has 1 aromatic carbocycles. The van der Waals surface area contributed by atoms with Gasteiger partial charge in [0.25, 0.3) is 0 Å². The molecule has 29 heavy (non-hydrogen) atoms. The van der Waals surface area contributed by atoms with Gasteiger partial charge in [0, 0.05) is 28.7 Å². The summed E-state index contributed by atoms with van der Waals surface area (Å²) in [7, 11) is 0. The molecule has 0 atom stereocenters. The number of halogens is 1. The maximum Gasteiger partial charge on any atom is 0.241 e. The van der Waals surface area contributed by atoms with E-state index in [4.69, 9.17) is 16.1 Å². The number of anilines is 1. The van der Waals surface area contributed by atoms with Crippen LogP contribution >= 0.6 is 11.6 Å². The van der Waals surface area contributed by atoms with E-state index in [1.54, 1.807) is 30.6 Å². The van der Waals surface area contributed by atoms with Crippen LogP contribution < -0.4 is 5.32 Å². The molecule has 0 saturated carbocycles. The van der Waals surface area contributed by atoms with E-state index in [1.165, 1.54) is 6.33 Å². The predicted molar refractivity (Wildman–Crippen MR) is 109 cm³/mol. The monoisotopic (exact) mass is 405 g/mol. The van der Waals surface area contributed by atoms with E-state index in [-0.39, 0.29) is 18.2 Å². The molecule has 0 aliphatic carbocycles. The summed E-state index contributed by atoms with van der Waals surface area (Å²) in [6, 6.07) is 12.6. The number of carbonyl (C=O) groups excluding carboxylic acids is 1. The lowest BCUT2D eigenvalue weighted by molar-refractivity contribution is -0.115. The second-order valence-corrected chi connectivity index (χ2v) is 6.74. The average molecular weight is 406 g/mol. The number of hydrogen-bond acceptors (Lipinski definition) is 6. The van der Waals surface area contributed by atoms with E-state index in [9.17, 15) is 4.79 Å². The van der Waals surface area contributed by atoms with Crippen molar-refractivity contribution in [3.63, 3.8) is 0 Å². The molecular formula is C21H16ClN5O2. The number of aromatic nitrogens is 4. The van der Waals surface area contributed by atoms with Crippen LogP contribution in [0.3, 0.4) is 0 Å². The Kier molecular flexibility index (Phi) is 5.31. The first-order valence-corrected chi connectivity index (χ1v) is 9.22. The molecule has 3 aromatic heterocycles. The number of nitrogens with one attached hydrogen (secondary N) is 1. The minimum atomic E-state index is -0.276. The number of hydrogen-bond donors (Lipinski definition) is 1. The van der Waals surface area contributed by atoms with Gasteiger partial charge >= 0.3 is 0 Å². The molecule has 3 heterocycles. The molecule has 1 amide bonds. The van der Waals surface area contributed by atoms with Gasteiger partial charge in [0.1, 0.15) is 12.0 Å². The normalized spacial score (nSPS) is 10.7. The van der Waals surface area contributed by atoms with Crippen molar-refractivity contribution in [3.05, 3.63) is 77.5 Å². The van der Waals surface area contributed by atoms with Gasteiger partial charge in [0.05, 0.1) is 17.7 Å². The molecule has 0 spiro atoms. The van der Waals surface area contributed by atoms with Crippen molar-refractivity contribution >= 4 is 23.4 Å². The summed E-state index contributed by atoms with van der Waals surface area (Å²) in [5.41, 5.74) is 4.08. The number of carbonyl (C=O) groups is 1. The lowest BCUT2D eigenvalue weighted by atomic mass is 10.0. The maximum atomic E-state index is 12.6. The number of amides is 1. The van der Waals surface area contributed by atoms with E-state index < -0.39 is 0 Å². The SMILES string of the molecule is Cc1cc(-c2noc(NC(=O)Cc3ccccc3Cl)c2-c2ccncn2)ccn1. The molecule has 0 saturated heterocycles. The van der Waals surface area contributed by atoms with Gasteiger partial charge in [-0.3, -0.25) is 15.1 Å². The highest BCUT2D eigenvalue weighted by Crippen LogP contribution is 2.36. The second kappa shape index (κ2) is 8.20. The van der Waals surface area contributed by atoms with Crippen molar-refractivity contribution in [1.29, 1.82) is 0 Å². The minimum absolute atomic E-state index is 0.104. The van der Waals surface area contributed by atoms with Gasteiger partial charge in [-0.05, 0) is 36.8 Å². The highest BCUT2D eigenvalue weighted by molar-refractivity contribution is 6.31. The molecule has 7 nitrogen and oxygen atoms in total. The van der Waals surface area contributed by atoms with Crippen molar-refractivity contribution in [3.8, 4) is 22.5 Å². The lowest BCUT2D eigenvalue weighted by Gasteiger charge is -2.07. The smallest absolute Gasteiger partial charge is 0.241 e. The van der Waals surface area contributed by atoms with E-state index in [0.717, 1.165) is 16.8 Å². The van der Waals surface area contributed by atoms with Gasteiger partial charge in [-0.15, -0.1) is 0 Å². The van der Waals surface area contributed by atoms with Crippen molar-refractivity contribution < 1.29 is 9.32 Å². The molecule has 0 radical (unpaired) electrons. The quantitative estimate of drug-likeness (QED) is 0.531. The number of nitrogens with zero attached hydrogens (tertiary/aromatic N) is 4. The van der Waals surface area contributed by atoms with Crippen LogP contribution in [0.5, 0.6) is 0 Å². The summed E-state index contributed by atoms with van der Waals surface area (Å²) in [6.07, 6.45) is 4.84. The van der Waals surface area contributed by atoms with Gasteiger partial charge in [0.15, 0.2) is 0 Å². The van der Waals surface area contributed by atoms with Crippen molar-refractivity contribution in [1.82, 2.24) is 20.1 Å². The van der Waals surface area contributed by atoms with E-state index in [1.807, 2.05) is 31.2 Å². The molecule has 0 aliphatic rings. The van der Waals surface area contributed by atoms with Gasteiger partial charge < -0.3 is 4.52 Å². The Hall–Kier alpha value is -3.58. The summed E-state index contributed by atoms with van der Waals surface area (Å²) >= 11 is 6.16. The fraction of sp³-hybridized carbons (Fsp3) is 0.0952. The topological polar surface area (TPSA) is 93.8 Å². The Morgan fingerprint density at radius 1 is 1.14 bits per heavy atom. The molecule has 4 aromatic rings. The summed E-state index contributed by atoms with van der Waals surface area (Å²) in [5, 5.41) is 7.50. The standard InChI is InChI=1S/C21H16ClN5O2/c1-13-10-15(6-9-24-13)20-19(17-7-8-23-12-25-17)21(29-27-20)26-18(28)11-14-4-2-3-5-16(14)22/h2-10,12H,11H2,1H3,(H,26,28). The van der Waals surface area contributed by atoms with Crippen molar-refractivity contribution in [2.75, 3.05) is 5.32 Å². The molecule has 0 bridgehead atoms. The van der Waals surface area contributed by atoms with Gasteiger partial charge in [-0.25, -0.2) is 9.97 Å².